The summed E-state index contributed by atoms with van der Waals surface area (Å²) in [4.78, 5) is 13.3. The van der Waals surface area contributed by atoms with Crippen molar-refractivity contribution in [3.05, 3.63) is 64.4 Å². The van der Waals surface area contributed by atoms with Crippen molar-refractivity contribution in [3.63, 3.8) is 0 Å². The molecular weight excluding hydrogens is 419 g/mol. The van der Waals surface area contributed by atoms with Gasteiger partial charge in [-0.3, -0.25) is 9.69 Å². The fourth-order valence-electron chi connectivity index (χ4n) is 3.81. The summed E-state index contributed by atoms with van der Waals surface area (Å²) < 4.78 is 19.3. The Kier molecular flexibility index (Phi) is 9.13. The number of nitrogens with zero attached hydrogens (tertiary/aromatic N) is 1. The maximum atomic E-state index is 13.5. The summed E-state index contributed by atoms with van der Waals surface area (Å²) in [5.41, 5.74) is 2.01. The predicted molar refractivity (Wildman–Crippen MR) is 120 cm³/mol. The molecule has 31 heavy (non-hydrogen) atoms. The van der Waals surface area contributed by atoms with E-state index in [1.165, 1.54) is 17.7 Å². The van der Waals surface area contributed by atoms with Crippen molar-refractivity contribution in [1.29, 1.82) is 0 Å². The van der Waals surface area contributed by atoms with Crippen LogP contribution in [0.3, 0.4) is 0 Å². The van der Waals surface area contributed by atoms with Crippen LogP contribution in [-0.4, -0.2) is 48.3 Å². The van der Waals surface area contributed by atoms with Gasteiger partial charge in [-0.2, -0.15) is 0 Å². The second kappa shape index (κ2) is 12.0. The Morgan fingerprint density at radius 2 is 1.94 bits per heavy atom. The van der Waals surface area contributed by atoms with Crippen LogP contribution < -0.4 is 10.1 Å². The van der Waals surface area contributed by atoms with Gasteiger partial charge < -0.3 is 15.2 Å². The number of nitrogens with one attached hydrogen (secondary N) is 1. The minimum atomic E-state index is -0.876. The van der Waals surface area contributed by atoms with Gasteiger partial charge in [-0.05, 0) is 74.6 Å². The Hall–Kier alpha value is -2.15. The second-order valence-electron chi connectivity index (χ2n) is 7.98. The standard InChI is InChI=1S/C24H30ClFN2O3/c25-20-6-2-18(3-7-20)17-28-13-10-22(11-14-28)27-12-1-15-31-23-16-21(26)8-4-19(23)5-9-24(29)30/h2-4,6-8,16,22,27H,1,5,9-15,17H2,(H,29,30). The minimum Gasteiger partial charge on any atom is -0.493 e. The van der Waals surface area contributed by atoms with Crippen molar-refractivity contribution < 1.29 is 19.0 Å². The fourth-order valence-corrected chi connectivity index (χ4v) is 3.94. The lowest BCUT2D eigenvalue weighted by Crippen LogP contribution is -2.42. The van der Waals surface area contributed by atoms with Crippen LogP contribution in [0.1, 0.15) is 36.8 Å². The van der Waals surface area contributed by atoms with Crippen molar-refractivity contribution in [2.45, 2.75) is 44.7 Å². The van der Waals surface area contributed by atoms with Gasteiger partial charge in [-0.15, -0.1) is 0 Å². The van der Waals surface area contributed by atoms with Crippen LogP contribution in [0.15, 0.2) is 42.5 Å². The van der Waals surface area contributed by atoms with Crippen LogP contribution in [0.25, 0.3) is 0 Å². The Labute approximate surface area is 188 Å². The highest BCUT2D eigenvalue weighted by Gasteiger charge is 2.18. The molecule has 2 N–H and O–H groups in total. The van der Waals surface area contributed by atoms with Gasteiger partial charge in [0.15, 0.2) is 0 Å². The lowest BCUT2D eigenvalue weighted by Gasteiger charge is -2.32. The molecule has 1 heterocycles. The van der Waals surface area contributed by atoms with E-state index in [0.717, 1.165) is 56.0 Å². The largest absolute Gasteiger partial charge is 0.493 e. The average molecular weight is 449 g/mol. The number of benzene rings is 2. The molecule has 0 unspecified atom stereocenters. The Morgan fingerprint density at radius 1 is 1.19 bits per heavy atom. The van der Waals surface area contributed by atoms with Gasteiger partial charge >= 0.3 is 5.97 Å². The lowest BCUT2D eigenvalue weighted by molar-refractivity contribution is -0.136. The topological polar surface area (TPSA) is 61.8 Å². The Morgan fingerprint density at radius 3 is 2.65 bits per heavy atom. The van der Waals surface area contributed by atoms with E-state index in [1.807, 2.05) is 12.1 Å². The van der Waals surface area contributed by atoms with E-state index in [-0.39, 0.29) is 12.2 Å². The summed E-state index contributed by atoms with van der Waals surface area (Å²) in [5.74, 6) is -0.812. The first-order valence-electron chi connectivity index (χ1n) is 10.8. The highest BCUT2D eigenvalue weighted by Crippen LogP contribution is 2.22. The lowest BCUT2D eigenvalue weighted by atomic mass is 10.0. The number of ether oxygens (including phenoxy) is 1. The fraction of sp³-hybridized carbons (Fsp3) is 0.458. The highest BCUT2D eigenvalue weighted by atomic mass is 35.5. The molecular formula is C24H30ClFN2O3. The molecule has 168 valence electrons. The normalized spacial score (nSPS) is 15.2. The number of aryl methyl sites for hydroxylation is 1. The molecule has 1 saturated heterocycles. The number of rotatable bonds is 11. The van der Waals surface area contributed by atoms with E-state index in [2.05, 4.69) is 22.3 Å². The van der Waals surface area contributed by atoms with Crippen molar-refractivity contribution in [2.24, 2.45) is 0 Å². The molecule has 0 amide bonds. The third-order valence-electron chi connectivity index (χ3n) is 5.56. The molecule has 1 aliphatic rings. The number of carboxylic acid groups (broad SMARTS) is 1. The maximum absolute atomic E-state index is 13.5. The van der Waals surface area contributed by atoms with Crippen LogP contribution in [-0.2, 0) is 17.8 Å². The zero-order valence-corrected chi connectivity index (χ0v) is 18.4. The smallest absolute Gasteiger partial charge is 0.303 e. The van der Waals surface area contributed by atoms with Crippen molar-refractivity contribution in [1.82, 2.24) is 10.2 Å². The molecule has 2 aromatic rings. The molecule has 0 aromatic heterocycles. The number of aliphatic carboxylic acids is 1. The van der Waals surface area contributed by atoms with E-state index in [4.69, 9.17) is 21.4 Å². The Bertz CT molecular complexity index is 839. The van der Waals surface area contributed by atoms with E-state index in [0.29, 0.717) is 24.8 Å². The third-order valence-corrected chi connectivity index (χ3v) is 5.81. The van der Waals surface area contributed by atoms with Crippen LogP contribution >= 0.6 is 11.6 Å². The van der Waals surface area contributed by atoms with E-state index in [9.17, 15) is 9.18 Å². The average Bonchev–Trinajstić information content (AvgIpc) is 2.75. The van der Waals surface area contributed by atoms with Crippen molar-refractivity contribution in [2.75, 3.05) is 26.2 Å². The summed E-state index contributed by atoms with van der Waals surface area (Å²) in [5, 5.41) is 13.2. The number of likely N-dealkylation sites (tertiary alicyclic amines) is 1. The molecule has 0 bridgehead atoms. The molecule has 2 aromatic carbocycles. The number of hydrogen-bond donors (Lipinski definition) is 2. The SMILES string of the molecule is O=C(O)CCc1ccc(F)cc1OCCCNC1CCN(Cc2ccc(Cl)cc2)CC1. The van der Waals surface area contributed by atoms with Crippen molar-refractivity contribution >= 4 is 17.6 Å². The zero-order chi connectivity index (χ0) is 22.1. The molecule has 0 aliphatic carbocycles. The highest BCUT2D eigenvalue weighted by molar-refractivity contribution is 6.30. The van der Waals surface area contributed by atoms with Gasteiger partial charge in [0, 0.05) is 30.1 Å². The van der Waals surface area contributed by atoms with Gasteiger partial charge in [-0.1, -0.05) is 29.8 Å². The van der Waals surface area contributed by atoms with Crippen LogP contribution in [0.2, 0.25) is 5.02 Å². The summed E-state index contributed by atoms with van der Waals surface area (Å²) in [6.07, 6.45) is 3.35. The summed E-state index contributed by atoms with van der Waals surface area (Å²) >= 11 is 5.95. The second-order valence-corrected chi connectivity index (χ2v) is 8.42. The number of piperidine rings is 1. The monoisotopic (exact) mass is 448 g/mol. The van der Waals surface area contributed by atoms with Gasteiger partial charge in [0.2, 0.25) is 0 Å². The molecule has 3 rings (SSSR count). The maximum Gasteiger partial charge on any atom is 0.303 e. The quantitative estimate of drug-likeness (QED) is 0.495. The molecule has 1 aliphatic heterocycles. The molecule has 7 heteroatoms. The zero-order valence-electron chi connectivity index (χ0n) is 17.7. The molecule has 5 nitrogen and oxygen atoms in total. The summed E-state index contributed by atoms with van der Waals surface area (Å²) in [7, 11) is 0. The van der Waals surface area contributed by atoms with Crippen LogP contribution in [0, 0.1) is 5.82 Å². The molecule has 0 saturated carbocycles. The molecule has 0 radical (unpaired) electrons. The van der Waals surface area contributed by atoms with Crippen LogP contribution in [0.4, 0.5) is 4.39 Å². The molecule has 0 atom stereocenters. The molecule has 0 spiro atoms. The van der Waals surface area contributed by atoms with E-state index in [1.54, 1.807) is 6.07 Å². The third kappa shape index (κ3) is 8.13. The van der Waals surface area contributed by atoms with E-state index >= 15 is 0 Å². The summed E-state index contributed by atoms with van der Waals surface area (Å²) in [6.45, 7) is 4.38. The number of hydrogen-bond acceptors (Lipinski definition) is 4. The molecule has 1 fully saturated rings. The van der Waals surface area contributed by atoms with Gasteiger partial charge in [0.1, 0.15) is 11.6 Å². The first-order chi connectivity index (χ1) is 15.0. The number of halogens is 2. The van der Waals surface area contributed by atoms with Crippen LogP contribution in [0.5, 0.6) is 5.75 Å². The van der Waals surface area contributed by atoms with Crippen molar-refractivity contribution in [3.8, 4) is 5.75 Å². The first kappa shape index (κ1) is 23.5. The van der Waals surface area contributed by atoms with Gasteiger partial charge in [-0.25, -0.2) is 4.39 Å². The minimum absolute atomic E-state index is 0.000262. The van der Waals surface area contributed by atoms with Gasteiger partial charge in [0.05, 0.1) is 6.61 Å². The van der Waals surface area contributed by atoms with E-state index < -0.39 is 5.97 Å². The summed E-state index contributed by atoms with van der Waals surface area (Å²) in [6, 6.07) is 12.8. The number of carboxylic acids is 1. The first-order valence-corrected chi connectivity index (χ1v) is 11.2. The Balaban J connectivity index is 1.32. The van der Waals surface area contributed by atoms with Gasteiger partial charge in [0.25, 0.3) is 0 Å². The number of carbonyl (C=O) groups is 1. The predicted octanol–water partition coefficient (Wildman–Crippen LogP) is 4.52.